The van der Waals surface area contributed by atoms with Gasteiger partial charge in [0.15, 0.2) is 6.10 Å². The van der Waals surface area contributed by atoms with Crippen LogP contribution in [0.5, 0.6) is 0 Å². The number of allylic oxidation sites excluding steroid dienone is 18. The van der Waals surface area contributed by atoms with Gasteiger partial charge in [0, 0.05) is 19.3 Å². The van der Waals surface area contributed by atoms with Crippen LogP contribution in [-0.2, 0) is 28.6 Å². The largest absolute Gasteiger partial charge is 0.462 e. The zero-order valence-electron chi connectivity index (χ0n) is 54.0. The van der Waals surface area contributed by atoms with Crippen molar-refractivity contribution in [2.24, 2.45) is 0 Å². The van der Waals surface area contributed by atoms with Gasteiger partial charge in [0.1, 0.15) is 13.2 Å². The van der Waals surface area contributed by atoms with E-state index in [9.17, 15) is 14.4 Å². The Morgan fingerprint density at radius 3 is 0.744 bits per heavy atom. The molecule has 0 bridgehead atoms. The SMILES string of the molecule is CC/C=C\C/C=C\C/C=C\C/C=C\C/C=C\C/C=C\C/C=C\C/C=C\C/C=C\CCCC(=O)OCC(COC(=O)CCCCCCCCCCCCCCCCCCC)OC(=O)CCCCCCCCCCCCCCCCCCCC. The number of rotatable bonds is 63. The van der Waals surface area contributed by atoms with Crippen LogP contribution in [0.4, 0.5) is 0 Å². The highest BCUT2D eigenvalue weighted by atomic mass is 16.6. The average molecular weight is 1140 g/mol. The van der Waals surface area contributed by atoms with Crippen molar-refractivity contribution in [2.75, 3.05) is 13.2 Å². The molecule has 1 atom stereocenters. The van der Waals surface area contributed by atoms with E-state index in [2.05, 4.69) is 130 Å². The summed E-state index contributed by atoms with van der Waals surface area (Å²) in [6.07, 6.45) is 95.4. The van der Waals surface area contributed by atoms with Crippen molar-refractivity contribution >= 4 is 17.9 Å². The Balaban J connectivity index is 4.43. The van der Waals surface area contributed by atoms with Crippen LogP contribution in [-0.4, -0.2) is 37.2 Å². The van der Waals surface area contributed by atoms with E-state index in [-0.39, 0.29) is 37.5 Å². The molecule has 470 valence electrons. The van der Waals surface area contributed by atoms with Crippen LogP contribution < -0.4 is 0 Å². The Hall–Kier alpha value is -3.93. The minimum Gasteiger partial charge on any atom is -0.462 e. The van der Waals surface area contributed by atoms with Crippen molar-refractivity contribution in [2.45, 2.75) is 341 Å². The molecule has 0 saturated carbocycles. The van der Waals surface area contributed by atoms with Gasteiger partial charge in [-0.15, -0.1) is 0 Å². The molecule has 6 heteroatoms. The second-order valence-electron chi connectivity index (χ2n) is 23.1. The van der Waals surface area contributed by atoms with Gasteiger partial charge >= 0.3 is 17.9 Å². The van der Waals surface area contributed by atoms with Gasteiger partial charge in [-0.25, -0.2) is 0 Å². The summed E-state index contributed by atoms with van der Waals surface area (Å²) >= 11 is 0. The number of carbonyl (C=O) groups is 3. The van der Waals surface area contributed by atoms with Crippen molar-refractivity contribution in [3.63, 3.8) is 0 Å². The first-order valence-electron chi connectivity index (χ1n) is 34.9. The second kappa shape index (κ2) is 69.6. The third-order valence-electron chi connectivity index (χ3n) is 15.0. The van der Waals surface area contributed by atoms with Crippen molar-refractivity contribution in [3.8, 4) is 0 Å². The van der Waals surface area contributed by atoms with E-state index in [0.717, 1.165) is 103 Å². The Labute approximate surface area is 508 Å². The summed E-state index contributed by atoms with van der Waals surface area (Å²) in [5, 5.41) is 0. The van der Waals surface area contributed by atoms with Crippen molar-refractivity contribution in [3.05, 3.63) is 109 Å². The molecule has 0 aliphatic heterocycles. The fourth-order valence-corrected chi connectivity index (χ4v) is 9.86. The maximum absolute atomic E-state index is 12.9. The van der Waals surface area contributed by atoms with Crippen molar-refractivity contribution in [1.82, 2.24) is 0 Å². The fraction of sp³-hybridized carbons (Fsp3) is 0.724. The molecule has 0 heterocycles. The van der Waals surface area contributed by atoms with E-state index in [4.69, 9.17) is 14.2 Å². The molecule has 0 saturated heterocycles. The van der Waals surface area contributed by atoms with E-state index in [0.29, 0.717) is 19.3 Å². The normalized spacial score (nSPS) is 12.8. The van der Waals surface area contributed by atoms with Crippen LogP contribution in [0.2, 0.25) is 0 Å². The van der Waals surface area contributed by atoms with E-state index in [1.165, 1.54) is 186 Å². The van der Waals surface area contributed by atoms with Gasteiger partial charge in [0.2, 0.25) is 0 Å². The molecule has 0 radical (unpaired) electrons. The highest BCUT2D eigenvalue weighted by Gasteiger charge is 2.19. The van der Waals surface area contributed by atoms with Gasteiger partial charge in [-0.2, -0.15) is 0 Å². The maximum Gasteiger partial charge on any atom is 0.306 e. The zero-order valence-corrected chi connectivity index (χ0v) is 54.0. The lowest BCUT2D eigenvalue weighted by Crippen LogP contribution is -2.30. The van der Waals surface area contributed by atoms with Crippen LogP contribution in [0.25, 0.3) is 0 Å². The first kappa shape index (κ1) is 78.1. The van der Waals surface area contributed by atoms with E-state index in [1.54, 1.807) is 0 Å². The number of carbonyl (C=O) groups excluding carboxylic acids is 3. The first-order valence-corrected chi connectivity index (χ1v) is 34.9. The van der Waals surface area contributed by atoms with Crippen LogP contribution in [0.1, 0.15) is 335 Å². The molecule has 0 fully saturated rings. The molecule has 0 aliphatic carbocycles. The summed E-state index contributed by atoms with van der Waals surface area (Å²) in [5.41, 5.74) is 0. The molecular weight excluding hydrogens is 1010 g/mol. The highest BCUT2D eigenvalue weighted by Crippen LogP contribution is 2.17. The number of esters is 3. The Kier molecular flexibility index (Phi) is 66.2. The van der Waals surface area contributed by atoms with Crippen molar-refractivity contribution < 1.29 is 28.6 Å². The predicted octanol–water partition coefficient (Wildman–Crippen LogP) is 24.2. The zero-order chi connectivity index (χ0) is 59.2. The van der Waals surface area contributed by atoms with E-state index >= 15 is 0 Å². The van der Waals surface area contributed by atoms with Crippen LogP contribution in [0, 0.1) is 0 Å². The predicted molar refractivity (Wildman–Crippen MR) is 357 cm³/mol. The molecule has 0 aromatic carbocycles. The molecule has 0 N–H and O–H groups in total. The first-order chi connectivity index (χ1) is 40.5. The number of ether oxygens (including phenoxy) is 3. The molecule has 1 unspecified atom stereocenters. The van der Waals surface area contributed by atoms with E-state index < -0.39 is 6.10 Å². The van der Waals surface area contributed by atoms with Gasteiger partial charge in [-0.05, 0) is 83.5 Å². The van der Waals surface area contributed by atoms with Gasteiger partial charge in [0.05, 0.1) is 0 Å². The lowest BCUT2D eigenvalue weighted by molar-refractivity contribution is -0.167. The Bertz CT molecular complexity index is 1640. The monoisotopic (exact) mass is 1140 g/mol. The minimum atomic E-state index is -0.801. The summed E-state index contributed by atoms with van der Waals surface area (Å²) in [5.74, 6) is -0.937. The van der Waals surface area contributed by atoms with Gasteiger partial charge in [-0.3, -0.25) is 14.4 Å². The number of hydrogen-bond acceptors (Lipinski definition) is 6. The van der Waals surface area contributed by atoms with Crippen LogP contribution in [0.3, 0.4) is 0 Å². The van der Waals surface area contributed by atoms with Gasteiger partial charge in [-0.1, -0.05) is 342 Å². The van der Waals surface area contributed by atoms with Crippen LogP contribution in [0.15, 0.2) is 109 Å². The highest BCUT2D eigenvalue weighted by molar-refractivity contribution is 5.71. The lowest BCUT2D eigenvalue weighted by Gasteiger charge is -2.18. The van der Waals surface area contributed by atoms with E-state index in [1.807, 2.05) is 0 Å². The molecular formula is C76H130O6. The minimum absolute atomic E-state index is 0.0918. The average Bonchev–Trinajstić information content (AvgIpc) is 3.47. The molecule has 0 spiro atoms. The summed E-state index contributed by atoms with van der Waals surface area (Å²) in [4.78, 5) is 38.4. The number of unbranched alkanes of at least 4 members (excludes halogenated alkanes) is 34. The molecule has 6 nitrogen and oxygen atoms in total. The lowest BCUT2D eigenvalue weighted by atomic mass is 10.0. The fourth-order valence-electron chi connectivity index (χ4n) is 9.86. The molecule has 0 aromatic heterocycles. The number of hydrogen-bond donors (Lipinski definition) is 0. The summed E-state index contributed by atoms with van der Waals surface area (Å²) in [6, 6.07) is 0. The topological polar surface area (TPSA) is 78.9 Å². The molecule has 82 heavy (non-hydrogen) atoms. The Morgan fingerprint density at radius 2 is 0.476 bits per heavy atom. The molecule has 0 amide bonds. The quantitative estimate of drug-likeness (QED) is 0.0261. The summed E-state index contributed by atoms with van der Waals surface area (Å²) in [7, 11) is 0. The maximum atomic E-state index is 12.9. The smallest absolute Gasteiger partial charge is 0.306 e. The van der Waals surface area contributed by atoms with Gasteiger partial charge < -0.3 is 14.2 Å². The molecule has 0 aliphatic rings. The van der Waals surface area contributed by atoms with Crippen molar-refractivity contribution in [1.29, 1.82) is 0 Å². The molecule has 0 rings (SSSR count). The van der Waals surface area contributed by atoms with Gasteiger partial charge in [0.25, 0.3) is 0 Å². The third kappa shape index (κ3) is 66.9. The summed E-state index contributed by atoms with van der Waals surface area (Å²) < 4.78 is 16.9. The third-order valence-corrected chi connectivity index (χ3v) is 15.0. The summed E-state index contributed by atoms with van der Waals surface area (Å²) in [6.45, 7) is 6.53. The Morgan fingerprint density at radius 1 is 0.256 bits per heavy atom. The second-order valence-corrected chi connectivity index (χ2v) is 23.1. The standard InChI is InChI=1S/C76H130O6/c1-4-7-10-13-16-19-22-25-28-31-33-34-35-36-37-38-39-40-41-42-43-46-48-51-54-57-60-63-66-69-75(78)81-72-73(71-80-74(77)68-65-62-59-56-53-50-47-44-30-27-24-21-18-15-12-9-6-3)82-76(79)70-67-64-61-58-55-52-49-45-32-29-26-23-20-17-14-11-8-5-2/h7,10,16,19,25,28,33-34,36-37,39-40,42-43,48,51,57,60,73H,4-6,8-9,11-15,17-18,20-24,26-27,29-32,35,38,41,44-47,49-50,52-56,58-59,61-72H2,1-3H3/b10-7-,19-16-,28-25-,34-33-,37-36-,40-39-,43-42-,51-48-,60-57-. The molecule has 0 aromatic rings. The van der Waals surface area contributed by atoms with Crippen LogP contribution >= 0.6 is 0 Å².